The fourth-order valence-electron chi connectivity index (χ4n) is 2.67. The van der Waals surface area contributed by atoms with Crippen molar-refractivity contribution in [2.75, 3.05) is 0 Å². The first-order chi connectivity index (χ1) is 8.16. The number of carbonyl (C=O) groups is 1. The maximum Gasteiger partial charge on any atom is 0.0504 e. The molecule has 0 amide bonds. The van der Waals surface area contributed by atoms with Gasteiger partial charge in [0.1, 0.15) is 0 Å². The van der Waals surface area contributed by atoms with Crippen molar-refractivity contribution < 1.29 is 9.90 Å². The van der Waals surface area contributed by atoms with Gasteiger partial charge in [0.05, 0.1) is 5.97 Å². The van der Waals surface area contributed by atoms with Crippen LogP contribution in [-0.4, -0.2) is 11.0 Å². The van der Waals surface area contributed by atoms with E-state index in [1.807, 2.05) is 18.2 Å². The van der Waals surface area contributed by atoms with Crippen molar-refractivity contribution in [3.63, 3.8) is 0 Å². The van der Waals surface area contributed by atoms with Gasteiger partial charge >= 0.3 is 0 Å². The highest BCUT2D eigenvalue weighted by Gasteiger charge is 2.24. The van der Waals surface area contributed by atoms with Gasteiger partial charge in [-0.2, -0.15) is 0 Å². The van der Waals surface area contributed by atoms with E-state index >= 15 is 0 Å². The van der Waals surface area contributed by atoms with Crippen molar-refractivity contribution in [1.82, 2.24) is 4.98 Å². The minimum Gasteiger partial charge on any atom is -0.549 e. The van der Waals surface area contributed by atoms with Gasteiger partial charge in [0.15, 0.2) is 0 Å². The number of aryl methyl sites for hydroxylation is 1. The predicted octanol–water partition coefficient (Wildman–Crippen LogP) is 2.10. The zero-order valence-electron chi connectivity index (χ0n) is 9.13. The van der Waals surface area contributed by atoms with Crippen LogP contribution in [0.5, 0.6) is 0 Å². The average Bonchev–Trinajstić information content (AvgIpc) is 2.66. The molecule has 0 saturated carbocycles. The second-order valence-corrected chi connectivity index (χ2v) is 5.39. The number of hydrogen-bond acceptors (Lipinski definition) is 2. The first kappa shape index (κ1) is 10.8. The number of carboxylic acid groups (broad SMARTS) is 1. The number of carboxylic acids is 1. The summed E-state index contributed by atoms with van der Waals surface area (Å²) in [5, 5.41) is 12.2. The van der Waals surface area contributed by atoms with Crippen molar-refractivity contribution in [3.05, 3.63) is 33.9 Å². The molecule has 1 atom stereocenters. The SMILES string of the molecule is O=C([O-])C1CCCc2c1[nH]c1ccc(Br)cc21. The largest absolute Gasteiger partial charge is 0.549 e. The van der Waals surface area contributed by atoms with Crippen molar-refractivity contribution in [2.45, 2.75) is 25.2 Å². The number of benzene rings is 1. The maximum atomic E-state index is 11.1. The van der Waals surface area contributed by atoms with Crippen LogP contribution in [0.4, 0.5) is 0 Å². The van der Waals surface area contributed by atoms with E-state index in [4.69, 9.17) is 0 Å². The number of halogens is 1. The van der Waals surface area contributed by atoms with Crippen LogP contribution in [-0.2, 0) is 11.2 Å². The van der Waals surface area contributed by atoms with Gasteiger partial charge in [-0.25, -0.2) is 0 Å². The Bertz CT molecular complexity index is 603. The van der Waals surface area contributed by atoms with Crippen LogP contribution in [0.25, 0.3) is 10.9 Å². The minimum atomic E-state index is -0.975. The Morgan fingerprint density at radius 3 is 3.06 bits per heavy atom. The quantitative estimate of drug-likeness (QED) is 0.875. The first-order valence-corrected chi connectivity index (χ1v) is 6.47. The molecule has 1 unspecified atom stereocenters. The van der Waals surface area contributed by atoms with Crippen molar-refractivity contribution in [1.29, 1.82) is 0 Å². The number of aromatic amines is 1. The monoisotopic (exact) mass is 292 g/mol. The summed E-state index contributed by atoms with van der Waals surface area (Å²) in [6.07, 6.45) is 2.52. The Morgan fingerprint density at radius 2 is 2.29 bits per heavy atom. The molecule has 88 valence electrons. The van der Waals surface area contributed by atoms with Gasteiger partial charge in [-0.15, -0.1) is 0 Å². The van der Waals surface area contributed by atoms with Crippen molar-refractivity contribution >= 4 is 32.8 Å². The van der Waals surface area contributed by atoms with E-state index in [1.165, 1.54) is 0 Å². The number of aliphatic carboxylic acids is 1. The van der Waals surface area contributed by atoms with E-state index in [0.717, 1.165) is 39.5 Å². The molecule has 1 aliphatic carbocycles. The molecule has 17 heavy (non-hydrogen) atoms. The van der Waals surface area contributed by atoms with E-state index in [9.17, 15) is 9.90 Å². The molecule has 2 aromatic rings. The standard InChI is InChI=1S/C13H12BrNO2/c14-7-4-5-11-10(6-7)8-2-1-3-9(13(16)17)12(8)15-11/h4-6,9,15H,1-3H2,(H,16,17)/p-1. The number of hydrogen-bond donors (Lipinski definition) is 1. The van der Waals surface area contributed by atoms with Crippen LogP contribution in [0.3, 0.4) is 0 Å². The van der Waals surface area contributed by atoms with Crippen LogP contribution in [0.15, 0.2) is 22.7 Å². The molecule has 1 N–H and O–H groups in total. The topological polar surface area (TPSA) is 55.9 Å². The lowest BCUT2D eigenvalue weighted by atomic mass is 9.87. The van der Waals surface area contributed by atoms with E-state index in [1.54, 1.807) is 0 Å². The highest BCUT2D eigenvalue weighted by atomic mass is 79.9. The van der Waals surface area contributed by atoms with E-state index in [-0.39, 0.29) is 0 Å². The Kier molecular flexibility index (Phi) is 2.47. The molecule has 3 nitrogen and oxygen atoms in total. The van der Waals surface area contributed by atoms with Crippen LogP contribution < -0.4 is 5.11 Å². The van der Waals surface area contributed by atoms with Gasteiger partial charge in [-0.05, 0) is 43.0 Å². The summed E-state index contributed by atoms with van der Waals surface area (Å²) in [4.78, 5) is 14.4. The summed E-state index contributed by atoms with van der Waals surface area (Å²) in [5.74, 6) is -1.46. The molecule has 3 rings (SSSR count). The lowest BCUT2D eigenvalue weighted by Gasteiger charge is -2.23. The van der Waals surface area contributed by atoms with Gasteiger partial charge in [-0.1, -0.05) is 15.9 Å². The van der Waals surface area contributed by atoms with E-state index in [0.29, 0.717) is 6.42 Å². The number of rotatable bonds is 1. The third-order valence-corrected chi connectivity index (χ3v) is 3.95. The smallest absolute Gasteiger partial charge is 0.0504 e. The number of fused-ring (bicyclic) bond motifs is 3. The molecule has 0 aliphatic heterocycles. The Morgan fingerprint density at radius 1 is 1.47 bits per heavy atom. The van der Waals surface area contributed by atoms with Gasteiger partial charge in [0.2, 0.25) is 0 Å². The highest BCUT2D eigenvalue weighted by Crippen LogP contribution is 2.36. The number of carbonyl (C=O) groups excluding carboxylic acids is 1. The molecular formula is C13H11BrNO2-. The normalized spacial score (nSPS) is 19.2. The third-order valence-electron chi connectivity index (χ3n) is 3.45. The molecule has 0 spiro atoms. The van der Waals surface area contributed by atoms with E-state index < -0.39 is 11.9 Å². The third kappa shape index (κ3) is 1.67. The Labute approximate surface area is 107 Å². The van der Waals surface area contributed by atoms with Crippen LogP contribution in [0.2, 0.25) is 0 Å². The molecule has 0 saturated heterocycles. The van der Waals surface area contributed by atoms with Crippen molar-refractivity contribution in [3.8, 4) is 0 Å². The molecule has 1 aromatic heterocycles. The van der Waals surface area contributed by atoms with Gasteiger partial charge in [0.25, 0.3) is 0 Å². The Balaban J connectivity index is 2.25. The van der Waals surface area contributed by atoms with E-state index in [2.05, 4.69) is 20.9 Å². The fraction of sp³-hybridized carbons (Fsp3) is 0.308. The minimum absolute atomic E-state index is 0.482. The zero-order valence-corrected chi connectivity index (χ0v) is 10.7. The highest BCUT2D eigenvalue weighted by molar-refractivity contribution is 9.10. The summed E-state index contributed by atoms with van der Waals surface area (Å²) in [7, 11) is 0. The number of nitrogens with one attached hydrogen (secondary N) is 1. The molecular weight excluding hydrogens is 282 g/mol. The molecule has 0 fully saturated rings. The van der Waals surface area contributed by atoms with Gasteiger partial charge < -0.3 is 14.9 Å². The summed E-state index contributed by atoms with van der Waals surface area (Å²) in [5.41, 5.74) is 2.98. The van der Waals surface area contributed by atoms with Gasteiger partial charge in [0, 0.05) is 27.0 Å². The lowest BCUT2D eigenvalue weighted by molar-refractivity contribution is -0.308. The summed E-state index contributed by atoms with van der Waals surface area (Å²) >= 11 is 3.45. The summed E-state index contributed by atoms with van der Waals surface area (Å²) in [6.45, 7) is 0. The molecule has 0 bridgehead atoms. The number of aromatic nitrogens is 1. The maximum absolute atomic E-state index is 11.1. The second kappa shape index (κ2) is 3.88. The zero-order chi connectivity index (χ0) is 12.0. The van der Waals surface area contributed by atoms with Crippen LogP contribution in [0, 0.1) is 0 Å². The summed E-state index contributed by atoms with van der Waals surface area (Å²) < 4.78 is 1.02. The Hall–Kier alpha value is -1.29. The van der Waals surface area contributed by atoms with Gasteiger partial charge in [-0.3, -0.25) is 0 Å². The molecule has 1 heterocycles. The van der Waals surface area contributed by atoms with Crippen LogP contribution >= 0.6 is 15.9 Å². The molecule has 0 radical (unpaired) electrons. The molecule has 1 aromatic carbocycles. The number of H-pyrrole nitrogens is 1. The molecule has 1 aliphatic rings. The lowest BCUT2D eigenvalue weighted by Crippen LogP contribution is -2.31. The second-order valence-electron chi connectivity index (χ2n) is 4.47. The summed E-state index contributed by atoms with van der Waals surface area (Å²) in [6, 6.07) is 5.98. The average molecular weight is 293 g/mol. The van der Waals surface area contributed by atoms with Crippen molar-refractivity contribution in [2.24, 2.45) is 0 Å². The first-order valence-electron chi connectivity index (χ1n) is 5.67. The fourth-order valence-corrected chi connectivity index (χ4v) is 3.03. The predicted molar refractivity (Wildman–Crippen MR) is 66.7 cm³/mol. The molecule has 4 heteroatoms. The van der Waals surface area contributed by atoms with Crippen LogP contribution in [0.1, 0.15) is 30.0 Å².